The van der Waals surface area contributed by atoms with E-state index in [-0.39, 0.29) is 23.8 Å². The highest BCUT2D eigenvalue weighted by Crippen LogP contribution is 2.65. The van der Waals surface area contributed by atoms with E-state index in [4.69, 9.17) is 9.73 Å². The van der Waals surface area contributed by atoms with E-state index in [0.717, 1.165) is 28.1 Å². The first-order chi connectivity index (χ1) is 16.7. The molecule has 4 atom stereocenters. The Balaban J connectivity index is 1.57. The summed E-state index contributed by atoms with van der Waals surface area (Å²) < 4.78 is 5.95. The molecule has 6 nitrogen and oxygen atoms in total. The quantitative estimate of drug-likeness (QED) is 0.582. The standard InChI is InChI=1S/C27H21N3O3S/c31-24-27(19-13-7-8-14-20(19)28-24)26(25(32)33-23(29-26)18-11-5-2-6-12-18)22(17-9-3-1-4-10-17)21-15-34-16-30(21)27/h1-14,21-22H,15-16H2,(H,28,31)/t21-,22-,26+,27-/m1/s1. The molecule has 0 aromatic heterocycles. The van der Waals surface area contributed by atoms with E-state index in [1.165, 1.54) is 0 Å². The monoisotopic (exact) mass is 467 g/mol. The van der Waals surface area contributed by atoms with Crippen LogP contribution in [0.1, 0.15) is 22.6 Å². The number of rotatable bonds is 2. The van der Waals surface area contributed by atoms with Crippen molar-refractivity contribution in [2.45, 2.75) is 23.0 Å². The van der Waals surface area contributed by atoms with Crippen LogP contribution in [0, 0.1) is 0 Å². The molecule has 7 heteroatoms. The second-order valence-electron chi connectivity index (χ2n) is 9.07. The zero-order valence-electron chi connectivity index (χ0n) is 18.2. The number of aliphatic imine (C=N–C) groups is 1. The average molecular weight is 468 g/mol. The molecule has 2 fully saturated rings. The number of para-hydroxylation sites is 1. The largest absolute Gasteiger partial charge is 0.405 e. The highest BCUT2D eigenvalue weighted by molar-refractivity contribution is 7.99. The number of nitrogens with one attached hydrogen (secondary N) is 1. The molecule has 2 spiro atoms. The van der Waals surface area contributed by atoms with Crippen LogP contribution in [-0.4, -0.2) is 45.9 Å². The molecule has 2 saturated heterocycles. The maximum absolute atomic E-state index is 14.2. The van der Waals surface area contributed by atoms with E-state index >= 15 is 0 Å². The van der Waals surface area contributed by atoms with Crippen LogP contribution in [0.15, 0.2) is 89.9 Å². The minimum Gasteiger partial charge on any atom is -0.405 e. The maximum atomic E-state index is 14.2. The van der Waals surface area contributed by atoms with E-state index in [9.17, 15) is 9.59 Å². The third-order valence-corrected chi connectivity index (χ3v) is 8.63. The van der Waals surface area contributed by atoms with Crippen LogP contribution in [0.3, 0.4) is 0 Å². The molecule has 3 aromatic rings. The molecule has 3 aromatic carbocycles. The molecule has 0 radical (unpaired) electrons. The Hall–Kier alpha value is -3.42. The normalized spacial score (nSPS) is 31.5. The van der Waals surface area contributed by atoms with Crippen molar-refractivity contribution >= 4 is 35.2 Å². The van der Waals surface area contributed by atoms with Gasteiger partial charge in [-0.05, 0) is 23.8 Å². The molecule has 4 heterocycles. The molecular weight excluding hydrogens is 446 g/mol. The topological polar surface area (TPSA) is 71.0 Å². The van der Waals surface area contributed by atoms with Crippen molar-refractivity contribution in [1.82, 2.24) is 4.90 Å². The number of hydrogen-bond donors (Lipinski definition) is 1. The number of anilines is 1. The lowest BCUT2D eigenvalue weighted by atomic mass is 9.67. The fraction of sp³-hybridized carbons (Fsp3) is 0.222. The van der Waals surface area contributed by atoms with Gasteiger partial charge in [-0.2, -0.15) is 0 Å². The van der Waals surface area contributed by atoms with Gasteiger partial charge in [-0.15, -0.1) is 11.8 Å². The highest BCUT2D eigenvalue weighted by atomic mass is 32.2. The number of cyclic esters (lactones) is 1. The van der Waals surface area contributed by atoms with Crippen LogP contribution in [0.4, 0.5) is 5.69 Å². The summed E-state index contributed by atoms with van der Waals surface area (Å²) in [5.41, 5.74) is 0.508. The number of benzene rings is 3. The van der Waals surface area contributed by atoms with Crippen LogP contribution in [0.5, 0.6) is 0 Å². The van der Waals surface area contributed by atoms with Gasteiger partial charge >= 0.3 is 5.97 Å². The number of nitrogens with zero attached hydrogens (tertiary/aromatic N) is 2. The first kappa shape index (κ1) is 20.0. The SMILES string of the molecule is O=C1OC(c2ccccc2)=N[C@@]12[C@H](c1ccccc1)[C@H]1CSCN1[C@]21C(=O)Nc2ccccc21. The number of amides is 1. The maximum Gasteiger partial charge on any atom is 0.344 e. The molecule has 168 valence electrons. The summed E-state index contributed by atoms with van der Waals surface area (Å²) in [5, 5.41) is 3.07. The lowest BCUT2D eigenvalue weighted by Crippen LogP contribution is -2.62. The van der Waals surface area contributed by atoms with Gasteiger partial charge < -0.3 is 10.1 Å². The average Bonchev–Trinajstić information content (AvgIpc) is 3.60. The first-order valence-corrected chi connectivity index (χ1v) is 12.5. The lowest BCUT2D eigenvalue weighted by Gasteiger charge is -2.40. The Kier molecular flexibility index (Phi) is 4.14. The molecule has 0 unspecified atom stereocenters. The van der Waals surface area contributed by atoms with Crippen molar-refractivity contribution < 1.29 is 14.3 Å². The molecule has 7 rings (SSSR count). The Morgan fingerprint density at radius 1 is 0.941 bits per heavy atom. The summed E-state index contributed by atoms with van der Waals surface area (Å²) in [4.78, 5) is 35.6. The summed E-state index contributed by atoms with van der Waals surface area (Å²) in [5.74, 6) is 0.704. The van der Waals surface area contributed by atoms with E-state index in [1.54, 1.807) is 11.8 Å². The van der Waals surface area contributed by atoms with Gasteiger partial charge in [0.15, 0.2) is 5.54 Å². The van der Waals surface area contributed by atoms with Gasteiger partial charge in [0.05, 0.1) is 0 Å². The van der Waals surface area contributed by atoms with Gasteiger partial charge in [-0.25, -0.2) is 9.79 Å². The van der Waals surface area contributed by atoms with Gasteiger partial charge in [-0.3, -0.25) is 9.69 Å². The minimum atomic E-state index is -1.44. The van der Waals surface area contributed by atoms with Crippen molar-refractivity contribution in [3.63, 3.8) is 0 Å². The minimum absolute atomic E-state index is 0.0456. The molecule has 1 amide bonds. The molecule has 4 aliphatic heterocycles. The molecule has 0 bridgehead atoms. The van der Waals surface area contributed by atoms with Gasteiger partial charge in [0.2, 0.25) is 11.4 Å². The van der Waals surface area contributed by atoms with Gasteiger partial charge in [0, 0.05) is 40.4 Å². The molecule has 1 N–H and O–H groups in total. The summed E-state index contributed by atoms with van der Waals surface area (Å²) in [6, 6.07) is 27.1. The Morgan fingerprint density at radius 2 is 1.65 bits per heavy atom. The predicted octanol–water partition coefficient (Wildman–Crippen LogP) is 3.75. The molecule has 34 heavy (non-hydrogen) atoms. The number of carbonyl (C=O) groups is 2. The van der Waals surface area contributed by atoms with Crippen molar-refractivity contribution in [3.8, 4) is 0 Å². The van der Waals surface area contributed by atoms with Crippen molar-refractivity contribution in [2.75, 3.05) is 16.9 Å². The van der Waals surface area contributed by atoms with Crippen molar-refractivity contribution in [3.05, 3.63) is 102 Å². The third-order valence-electron chi connectivity index (χ3n) is 7.59. The zero-order valence-corrected chi connectivity index (χ0v) is 19.0. The fourth-order valence-electron chi connectivity index (χ4n) is 6.36. The van der Waals surface area contributed by atoms with Crippen LogP contribution < -0.4 is 5.32 Å². The molecule has 0 saturated carbocycles. The van der Waals surface area contributed by atoms with Crippen LogP contribution >= 0.6 is 11.8 Å². The summed E-state index contributed by atoms with van der Waals surface area (Å²) in [7, 11) is 0. The Bertz CT molecular complexity index is 1360. The van der Waals surface area contributed by atoms with Gasteiger partial charge in [-0.1, -0.05) is 66.7 Å². The smallest absolute Gasteiger partial charge is 0.344 e. The van der Waals surface area contributed by atoms with Gasteiger partial charge in [0.25, 0.3) is 5.91 Å². The number of carbonyl (C=O) groups excluding carboxylic acids is 2. The summed E-state index contributed by atoms with van der Waals surface area (Å²) in [6.45, 7) is 0. The van der Waals surface area contributed by atoms with Crippen LogP contribution in [0.25, 0.3) is 0 Å². The van der Waals surface area contributed by atoms with E-state index in [0.29, 0.717) is 5.88 Å². The molecule has 0 aliphatic carbocycles. The third kappa shape index (κ3) is 2.28. The summed E-state index contributed by atoms with van der Waals surface area (Å²) in [6.07, 6.45) is 0. The summed E-state index contributed by atoms with van der Waals surface area (Å²) >= 11 is 1.79. The van der Waals surface area contributed by atoms with E-state index < -0.39 is 17.0 Å². The van der Waals surface area contributed by atoms with Crippen LogP contribution in [-0.2, 0) is 19.9 Å². The molecule has 4 aliphatic rings. The Morgan fingerprint density at radius 3 is 2.44 bits per heavy atom. The van der Waals surface area contributed by atoms with Gasteiger partial charge in [0.1, 0.15) is 0 Å². The number of fused-ring (bicyclic) bond motifs is 5. The van der Waals surface area contributed by atoms with Crippen LogP contribution in [0.2, 0.25) is 0 Å². The second kappa shape index (κ2) is 7.04. The number of esters is 1. The zero-order chi connectivity index (χ0) is 22.9. The highest BCUT2D eigenvalue weighted by Gasteiger charge is 2.81. The second-order valence-corrected chi connectivity index (χ2v) is 10.1. The van der Waals surface area contributed by atoms with E-state index in [2.05, 4.69) is 10.2 Å². The Labute approximate surface area is 201 Å². The number of ether oxygens (including phenoxy) is 1. The lowest BCUT2D eigenvalue weighted by molar-refractivity contribution is -0.147. The predicted molar refractivity (Wildman–Crippen MR) is 131 cm³/mol. The number of hydrogen-bond acceptors (Lipinski definition) is 6. The fourth-order valence-corrected chi connectivity index (χ4v) is 7.66. The molecular formula is C27H21N3O3S. The van der Waals surface area contributed by atoms with E-state index in [1.807, 2.05) is 84.9 Å². The number of thioether (sulfide) groups is 1. The van der Waals surface area contributed by atoms with Crippen molar-refractivity contribution in [1.29, 1.82) is 0 Å². The first-order valence-electron chi connectivity index (χ1n) is 11.4. The van der Waals surface area contributed by atoms with Crippen molar-refractivity contribution in [2.24, 2.45) is 4.99 Å².